The number of esters is 1. The van der Waals surface area contributed by atoms with Crippen LogP contribution >= 0.6 is 0 Å². The minimum atomic E-state index is -0.408. The molecule has 5 heteroatoms. The van der Waals surface area contributed by atoms with Gasteiger partial charge in [0.25, 0.3) is 0 Å². The highest BCUT2D eigenvalue weighted by Crippen LogP contribution is 2.23. The summed E-state index contributed by atoms with van der Waals surface area (Å²) in [5.41, 5.74) is 3.04. The summed E-state index contributed by atoms with van der Waals surface area (Å²) in [7, 11) is 1.34. The van der Waals surface area contributed by atoms with E-state index in [0.29, 0.717) is 17.2 Å². The molecule has 2 aromatic carbocycles. The summed E-state index contributed by atoms with van der Waals surface area (Å²) in [6.45, 7) is 4.28. The molecule has 2 N–H and O–H groups in total. The van der Waals surface area contributed by atoms with Crippen molar-refractivity contribution in [3.63, 3.8) is 0 Å². The largest absolute Gasteiger partial charge is 0.465 e. The van der Waals surface area contributed by atoms with E-state index in [0.717, 1.165) is 11.3 Å². The minimum Gasteiger partial charge on any atom is -0.465 e. The Balaban J connectivity index is 1.98. The van der Waals surface area contributed by atoms with E-state index in [9.17, 15) is 9.59 Å². The maximum absolute atomic E-state index is 12.2. The van der Waals surface area contributed by atoms with Gasteiger partial charge in [-0.25, -0.2) is 4.79 Å². The van der Waals surface area contributed by atoms with Crippen LogP contribution in [0.5, 0.6) is 0 Å². The second-order valence-corrected chi connectivity index (χ2v) is 5.72. The lowest BCUT2D eigenvalue weighted by Gasteiger charge is -2.14. The molecule has 0 unspecified atom stereocenters. The zero-order valence-corrected chi connectivity index (χ0v) is 14.1. The fourth-order valence-electron chi connectivity index (χ4n) is 2.37. The molecular weight excluding hydrogens is 304 g/mol. The van der Waals surface area contributed by atoms with Crippen molar-refractivity contribution in [2.75, 3.05) is 24.3 Å². The van der Waals surface area contributed by atoms with Crippen LogP contribution in [-0.4, -0.2) is 25.5 Å². The molecule has 0 radical (unpaired) electrons. The molecule has 1 amide bonds. The van der Waals surface area contributed by atoms with Gasteiger partial charge >= 0.3 is 5.97 Å². The predicted octanol–water partition coefficient (Wildman–Crippen LogP) is 3.65. The molecule has 2 rings (SSSR count). The van der Waals surface area contributed by atoms with Crippen LogP contribution in [0.3, 0.4) is 0 Å². The lowest BCUT2D eigenvalue weighted by atomic mass is 10.0. The van der Waals surface area contributed by atoms with E-state index < -0.39 is 5.97 Å². The van der Waals surface area contributed by atoms with Crippen LogP contribution in [0.15, 0.2) is 48.5 Å². The van der Waals surface area contributed by atoms with Crippen LogP contribution in [0.2, 0.25) is 0 Å². The number of ether oxygens (including phenoxy) is 1. The monoisotopic (exact) mass is 326 g/mol. The molecular formula is C19H22N2O3. The van der Waals surface area contributed by atoms with Gasteiger partial charge in [-0.2, -0.15) is 0 Å². The summed E-state index contributed by atoms with van der Waals surface area (Å²) >= 11 is 0. The average Bonchev–Trinajstić information content (AvgIpc) is 2.59. The number of hydrogen-bond acceptors (Lipinski definition) is 4. The Kier molecular flexibility index (Phi) is 5.95. The Labute approximate surface area is 142 Å². The van der Waals surface area contributed by atoms with E-state index in [1.165, 1.54) is 7.11 Å². The van der Waals surface area contributed by atoms with Crippen molar-refractivity contribution in [3.8, 4) is 0 Å². The molecule has 0 spiro atoms. The van der Waals surface area contributed by atoms with E-state index in [1.807, 2.05) is 24.3 Å². The lowest BCUT2D eigenvalue weighted by Crippen LogP contribution is -2.22. The molecule has 0 bridgehead atoms. The molecule has 126 valence electrons. The standard InChI is InChI=1S/C19H22N2O3/c1-13(2)16-9-4-5-10-17(16)21-18(22)12-20-15-8-6-7-14(11-15)19(23)24-3/h4-11,13,20H,12H2,1-3H3,(H,21,22). The zero-order valence-electron chi connectivity index (χ0n) is 14.1. The van der Waals surface area contributed by atoms with Gasteiger partial charge < -0.3 is 15.4 Å². The highest BCUT2D eigenvalue weighted by atomic mass is 16.5. The van der Waals surface area contributed by atoms with Gasteiger partial charge in [-0.3, -0.25) is 4.79 Å². The van der Waals surface area contributed by atoms with E-state index in [-0.39, 0.29) is 12.5 Å². The van der Waals surface area contributed by atoms with Gasteiger partial charge in [-0.05, 0) is 35.7 Å². The third kappa shape index (κ3) is 4.59. The smallest absolute Gasteiger partial charge is 0.337 e. The number of para-hydroxylation sites is 1. The molecule has 0 aliphatic carbocycles. The molecule has 0 heterocycles. The fourth-order valence-corrected chi connectivity index (χ4v) is 2.37. The molecule has 0 atom stereocenters. The first-order valence-electron chi connectivity index (χ1n) is 7.82. The Bertz CT molecular complexity index is 726. The zero-order chi connectivity index (χ0) is 17.5. The van der Waals surface area contributed by atoms with Crippen LogP contribution in [0, 0.1) is 0 Å². The Hall–Kier alpha value is -2.82. The number of benzene rings is 2. The van der Waals surface area contributed by atoms with Gasteiger partial charge in [0.2, 0.25) is 5.91 Å². The predicted molar refractivity (Wildman–Crippen MR) is 95.4 cm³/mol. The number of rotatable bonds is 6. The number of carbonyl (C=O) groups excluding carboxylic acids is 2. The molecule has 0 saturated heterocycles. The summed E-state index contributed by atoms with van der Waals surface area (Å²) in [5.74, 6) is -0.230. The van der Waals surface area contributed by atoms with Crippen LogP contribution in [-0.2, 0) is 9.53 Å². The molecule has 24 heavy (non-hydrogen) atoms. The normalized spacial score (nSPS) is 10.3. The van der Waals surface area contributed by atoms with Crippen LogP contribution < -0.4 is 10.6 Å². The summed E-state index contributed by atoms with van der Waals surface area (Å²) in [6.07, 6.45) is 0. The number of carbonyl (C=O) groups is 2. The first-order valence-corrected chi connectivity index (χ1v) is 7.82. The summed E-state index contributed by atoms with van der Waals surface area (Å²) in [4.78, 5) is 23.7. The van der Waals surface area contributed by atoms with E-state index in [4.69, 9.17) is 0 Å². The second-order valence-electron chi connectivity index (χ2n) is 5.72. The van der Waals surface area contributed by atoms with Crippen molar-refractivity contribution in [1.29, 1.82) is 0 Å². The lowest BCUT2D eigenvalue weighted by molar-refractivity contribution is -0.114. The third-order valence-electron chi connectivity index (χ3n) is 3.59. The van der Waals surface area contributed by atoms with E-state index in [2.05, 4.69) is 29.2 Å². The van der Waals surface area contributed by atoms with Gasteiger partial charge in [0.1, 0.15) is 0 Å². The van der Waals surface area contributed by atoms with Crippen molar-refractivity contribution in [2.45, 2.75) is 19.8 Å². The van der Waals surface area contributed by atoms with Gasteiger partial charge in [0.15, 0.2) is 0 Å². The van der Waals surface area contributed by atoms with Gasteiger partial charge in [0, 0.05) is 11.4 Å². The van der Waals surface area contributed by atoms with Crippen LogP contribution in [0.4, 0.5) is 11.4 Å². The Morgan fingerprint density at radius 1 is 1.08 bits per heavy atom. The van der Waals surface area contributed by atoms with Crippen molar-refractivity contribution in [1.82, 2.24) is 0 Å². The number of amides is 1. The maximum atomic E-state index is 12.2. The van der Waals surface area contributed by atoms with E-state index >= 15 is 0 Å². The van der Waals surface area contributed by atoms with Crippen molar-refractivity contribution in [2.24, 2.45) is 0 Å². The summed E-state index contributed by atoms with van der Waals surface area (Å²) < 4.78 is 4.69. The topological polar surface area (TPSA) is 67.4 Å². The molecule has 0 aliphatic rings. The molecule has 0 fully saturated rings. The first kappa shape index (κ1) is 17.5. The van der Waals surface area contributed by atoms with E-state index in [1.54, 1.807) is 24.3 Å². The fraction of sp³-hybridized carbons (Fsp3) is 0.263. The first-order chi connectivity index (χ1) is 11.5. The Morgan fingerprint density at radius 3 is 2.54 bits per heavy atom. The second kappa shape index (κ2) is 8.15. The van der Waals surface area contributed by atoms with Crippen molar-refractivity contribution in [3.05, 3.63) is 59.7 Å². The number of hydrogen-bond donors (Lipinski definition) is 2. The molecule has 5 nitrogen and oxygen atoms in total. The SMILES string of the molecule is COC(=O)c1cccc(NCC(=O)Nc2ccccc2C(C)C)c1. The summed E-state index contributed by atoms with van der Waals surface area (Å²) in [6, 6.07) is 14.6. The van der Waals surface area contributed by atoms with Gasteiger partial charge in [-0.1, -0.05) is 38.1 Å². The van der Waals surface area contributed by atoms with Gasteiger partial charge in [-0.15, -0.1) is 0 Å². The molecule has 2 aromatic rings. The number of methoxy groups -OCH3 is 1. The average molecular weight is 326 g/mol. The number of anilines is 2. The highest BCUT2D eigenvalue weighted by molar-refractivity contribution is 5.95. The minimum absolute atomic E-state index is 0.108. The van der Waals surface area contributed by atoms with Crippen LogP contribution in [0.1, 0.15) is 35.7 Å². The van der Waals surface area contributed by atoms with Crippen LogP contribution in [0.25, 0.3) is 0 Å². The Morgan fingerprint density at radius 2 is 1.83 bits per heavy atom. The third-order valence-corrected chi connectivity index (χ3v) is 3.59. The molecule has 0 aromatic heterocycles. The highest BCUT2D eigenvalue weighted by Gasteiger charge is 2.10. The van der Waals surface area contributed by atoms with Crippen molar-refractivity contribution >= 4 is 23.3 Å². The van der Waals surface area contributed by atoms with Crippen molar-refractivity contribution < 1.29 is 14.3 Å². The number of nitrogens with one attached hydrogen (secondary N) is 2. The maximum Gasteiger partial charge on any atom is 0.337 e. The summed E-state index contributed by atoms with van der Waals surface area (Å²) in [5, 5.41) is 5.93. The quantitative estimate of drug-likeness (QED) is 0.795. The molecule has 0 aliphatic heterocycles. The van der Waals surface area contributed by atoms with Gasteiger partial charge in [0.05, 0.1) is 19.2 Å². The molecule has 0 saturated carbocycles.